The van der Waals surface area contributed by atoms with Crippen LogP contribution in [0.5, 0.6) is 0 Å². The lowest BCUT2D eigenvalue weighted by molar-refractivity contribution is -0.712. The van der Waals surface area contributed by atoms with Gasteiger partial charge >= 0.3 is 12.1 Å². The van der Waals surface area contributed by atoms with Gasteiger partial charge in [0.2, 0.25) is 5.28 Å². The maximum Gasteiger partial charge on any atom is 0.435 e. The predicted molar refractivity (Wildman–Crippen MR) is 163 cm³/mol. The highest BCUT2D eigenvalue weighted by Crippen LogP contribution is 2.33. The Morgan fingerprint density at radius 1 is 1.11 bits per heavy atom. The molecule has 2 atom stereocenters. The number of benzene rings is 2. The number of hydrazine groups is 1. The molecule has 13 nitrogen and oxygen atoms in total. The van der Waals surface area contributed by atoms with Crippen molar-refractivity contribution >= 4 is 21.9 Å². The van der Waals surface area contributed by atoms with E-state index in [1.165, 1.54) is 19.2 Å². The number of rotatable bonds is 12. The second-order valence-electron chi connectivity index (χ2n) is 11.8. The summed E-state index contributed by atoms with van der Waals surface area (Å²) in [6.07, 6.45) is -4.36. The number of nitrogens with one attached hydrogen (secondary N) is 1. The van der Waals surface area contributed by atoms with Crippen LogP contribution in [0.15, 0.2) is 64.8 Å². The zero-order chi connectivity index (χ0) is 35.3. The van der Waals surface area contributed by atoms with Crippen molar-refractivity contribution in [3.8, 4) is 16.9 Å². The van der Waals surface area contributed by atoms with Crippen molar-refractivity contribution in [1.29, 1.82) is 0 Å². The highest BCUT2D eigenvalue weighted by Gasteiger charge is 2.37. The van der Waals surface area contributed by atoms with E-state index in [0.717, 1.165) is 33.5 Å². The molecule has 1 amide bonds. The fraction of sp³-hybridized carbons (Fsp3) is 0.433. The summed E-state index contributed by atoms with van der Waals surface area (Å²) in [7, 11) is -3.31. The summed E-state index contributed by atoms with van der Waals surface area (Å²) in [6.45, 7) is 9.36. The first-order chi connectivity index (χ1) is 21.8. The van der Waals surface area contributed by atoms with E-state index in [4.69, 9.17) is 9.57 Å². The lowest BCUT2D eigenvalue weighted by atomic mass is 9.98. The largest absolute Gasteiger partial charge is 0.569 e. The normalized spacial score (nSPS) is 13.9. The second-order valence-corrected chi connectivity index (χ2v) is 13.5. The molecule has 0 radical (unpaired) electrons. The molecule has 47 heavy (non-hydrogen) atoms. The van der Waals surface area contributed by atoms with Crippen LogP contribution in [0.4, 0.5) is 13.2 Å². The highest BCUT2D eigenvalue weighted by atomic mass is 32.2. The highest BCUT2D eigenvalue weighted by molar-refractivity contribution is 7.90. The van der Waals surface area contributed by atoms with Crippen LogP contribution in [0.2, 0.25) is 0 Å². The Kier molecular flexibility index (Phi) is 11.3. The SMILES string of the molecule is CC[C@@H](C)[C@@H](C(=O)NS(=O)(=O)c1ccc(-n2nc(C(F)(F)F)cc2-c2ccc(C)cc2)cc1)N(C)/[N+]([O-])=N/OCOC(=O)C(C)(C)C. The van der Waals surface area contributed by atoms with Gasteiger partial charge in [-0.2, -0.15) is 18.3 Å². The van der Waals surface area contributed by atoms with Crippen molar-refractivity contribution in [2.24, 2.45) is 16.6 Å². The summed E-state index contributed by atoms with van der Waals surface area (Å²) < 4.78 is 75.0. The van der Waals surface area contributed by atoms with Crippen molar-refractivity contribution in [1.82, 2.24) is 19.5 Å². The molecule has 1 heterocycles. The van der Waals surface area contributed by atoms with Gasteiger partial charge in [-0.1, -0.05) is 50.1 Å². The molecule has 17 heteroatoms. The van der Waals surface area contributed by atoms with Crippen LogP contribution in [0.3, 0.4) is 0 Å². The summed E-state index contributed by atoms with van der Waals surface area (Å²) in [5.41, 5.74) is -0.326. The minimum atomic E-state index is -4.73. The Morgan fingerprint density at radius 3 is 2.23 bits per heavy atom. The number of amides is 1. The number of hydrogen-bond donors (Lipinski definition) is 1. The Morgan fingerprint density at radius 2 is 1.70 bits per heavy atom. The Labute approximate surface area is 270 Å². The lowest BCUT2D eigenvalue weighted by Crippen LogP contribution is -2.52. The van der Waals surface area contributed by atoms with Crippen LogP contribution in [-0.2, 0) is 35.4 Å². The number of likely N-dealkylation sites (N-methyl/N-ethyl adjacent to an activating group) is 1. The number of alkyl halides is 3. The molecule has 0 aliphatic rings. The number of esters is 1. The van der Waals surface area contributed by atoms with E-state index < -0.39 is 57.9 Å². The van der Waals surface area contributed by atoms with Gasteiger partial charge in [0.25, 0.3) is 22.7 Å². The van der Waals surface area contributed by atoms with Gasteiger partial charge in [-0.25, -0.2) is 17.8 Å². The predicted octanol–water partition coefficient (Wildman–Crippen LogP) is 5.37. The first kappa shape index (κ1) is 36.8. The summed E-state index contributed by atoms with van der Waals surface area (Å²) in [5, 5.41) is 20.4. The smallest absolute Gasteiger partial charge is 0.435 e. The first-order valence-corrected chi connectivity index (χ1v) is 15.9. The van der Waals surface area contributed by atoms with Crippen LogP contribution < -0.4 is 4.72 Å². The number of aryl methyl sites for hydroxylation is 1. The summed E-state index contributed by atoms with van der Waals surface area (Å²) in [5.74, 6) is -2.20. The third-order valence-electron chi connectivity index (χ3n) is 7.08. The number of carbonyl (C=O) groups excluding carboxylic acids is 2. The van der Waals surface area contributed by atoms with Gasteiger partial charge in [-0.3, -0.25) is 9.59 Å². The fourth-order valence-corrected chi connectivity index (χ4v) is 5.22. The molecule has 0 bridgehead atoms. The quantitative estimate of drug-likeness (QED) is 0.0662. The molecule has 0 aliphatic carbocycles. The molecule has 3 rings (SSSR count). The molecule has 0 unspecified atom stereocenters. The first-order valence-electron chi connectivity index (χ1n) is 14.4. The summed E-state index contributed by atoms with van der Waals surface area (Å²) in [4.78, 5) is 29.4. The third-order valence-corrected chi connectivity index (χ3v) is 8.44. The molecule has 0 aliphatic heterocycles. The summed E-state index contributed by atoms with van der Waals surface area (Å²) >= 11 is 0. The maximum atomic E-state index is 13.6. The van der Waals surface area contributed by atoms with Crippen molar-refractivity contribution in [3.63, 3.8) is 0 Å². The van der Waals surface area contributed by atoms with E-state index in [9.17, 15) is 36.4 Å². The molecule has 256 valence electrons. The van der Waals surface area contributed by atoms with E-state index >= 15 is 0 Å². The molecule has 0 spiro atoms. The van der Waals surface area contributed by atoms with Crippen molar-refractivity contribution in [3.05, 3.63) is 71.1 Å². The van der Waals surface area contributed by atoms with Gasteiger partial charge < -0.3 is 14.8 Å². The number of carbonyl (C=O) groups is 2. The monoisotopic (exact) mass is 682 g/mol. The van der Waals surface area contributed by atoms with Gasteiger partial charge in [0.15, 0.2) is 11.7 Å². The number of ether oxygens (including phenoxy) is 1. The topological polar surface area (TPSA) is 158 Å². The minimum Gasteiger partial charge on any atom is -0.569 e. The zero-order valence-corrected chi connectivity index (χ0v) is 27.7. The second kappa shape index (κ2) is 14.4. The summed E-state index contributed by atoms with van der Waals surface area (Å²) in [6, 6.07) is 11.1. The molecule has 0 saturated carbocycles. The average Bonchev–Trinajstić information content (AvgIpc) is 3.45. The Bertz CT molecular complexity index is 1700. The maximum absolute atomic E-state index is 13.6. The minimum absolute atomic E-state index is 0.0757. The zero-order valence-electron chi connectivity index (χ0n) is 26.9. The number of halogens is 3. The molecule has 0 saturated heterocycles. The number of hydrogen-bond acceptors (Lipinski definition) is 9. The molecule has 3 aromatic rings. The van der Waals surface area contributed by atoms with Gasteiger partial charge in [0, 0.05) is 5.56 Å². The third kappa shape index (κ3) is 9.21. The van der Waals surface area contributed by atoms with E-state index in [0.29, 0.717) is 12.0 Å². The Hall–Kier alpha value is -4.67. The van der Waals surface area contributed by atoms with Gasteiger partial charge in [0.1, 0.15) is 0 Å². The Balaban J connectivity index is 1.82. The van der Waals surface area contributed by atoms with E-state index in [-0.39, 0.29) is 21.2 Å². The molecule has 0 fully saturated rings. The molecule has 1 aromatic heterocycles. The number of aromatic nitrogens is 2. The van der Waals surface area contributed by atoms with E-state index in [2.05, 4.69) is 10.4 Å². The van der Waals surface area contributed by atoms with E-state index in [1.54, 1.807) is 58.9 Å². The standard InChI is InChI=1S/C30H37F3N6O7S/c1-8-20(3)26(37(7)39(42)36-46-18-45-28(41)29(4,5)6)27(40)35-47(43,44)23-15-13-22(14-16-23)38-24(17-25(34-38)30(31,32)33)21-11-9-19(2)10-12-21/h9-17,20,26H,8,18H2,1-7H3,(H,35,40)/b39-36-/t20-,26+/m1/s1. The number of sulfonamides is 1. The average molecular weight is 683 g/mol. The van der Waals surface area contributed by atoms with Crippen molar-refractivity contribution in [2.45, 2.75) is 65.1 Å². The van der Waals surface area contributed by atoms with Crippen molar-refractivity contribution in [2.75, 3.05) is 13.8 Å². The van der Waals surface area contributed by atoms with Gasteiger partial charge in [-0.15, -0.1) is 5.01 Å². The molecule has 1 N–H and O–H groups in total. The van der Waals surface area contributed by atoms with Crippen LogP contribution in [0.1, 0.15) is 52.3 Å². The van der Waals surface area contributed by atoms with Gasteiger partial charge in [0.05, 0.1) is 33.7 Å². The molecular formula is C30H37F3N6O7S. The van der Waals surface area contributed by atoms with Crippen LogP contribution in [0.25, 0.3) is 16.9 Å². The van der Waals surface area contributed by atoms with E-state index in [1.807, 2.05) is 11.6 Å². The molecular weight excluding hydrogens is 645 g/mol. The van der Waals surface area contributed by atoms with Crippen molar-refractivity contribution < 1.29 is 45.7 Å². The van der Waals surface area contributed by atoms with Crippen LogP contribution >= 0.6 is 0 Å². The van der Waals surface area contributed by atoms with Crippen LogP contribution in [0, 0.1) is 23.5 Å². The molecule has 2 aromatic carbocycles. The fourth-order valence-electron chi connectivity index (χ4n) is 4.22. The van der Waals surface area contributed by atoms with Crippen LogP contribution in [-0.4, -0.2) is 59.9 Å². The number of nitrogens with zero attached hydrogens (tertiary/aromatic N) is 5. The lowest BCUT2D eigenvalue weighted by Gasteiger charge is -2.27. The van der Waals surface area contributed by atoms with Gasteiger partial charge in [-0.05, 0) is 63.9 Å².